The van der Waals surface area contributed by atoms with Crippen molar-refractivity contribution in [2.75, 3.05) is 4.81 Å². The molecule has 4 aliphatic carbocycles. The predicted molar refractivity (Wildman–Crippen MR) is 364 cm³/mol. The number of nitrogens with zero attached hydrogens (tertiary/aromatic N) is 4. The first-order chi connectivity index (χ1) is 40.8. The molecule has 0 atom stereocenters. The van der Waals surface area contributed by atoms with E-state index in [9.17, 15) is 0 Å². The van der Waals surface area contributed by atoms with Crippen LogP contribution in [0.15, 0.2) is 158 Å². The number of rotatable bonds is 3. The van der Waals surface area contributed by atoms with Crippen LogP contribution >= 0.6 is 0 Å². The molecule has 0 spiro atoms. The molecule has 0 bridgehead atoms. The van der Waals surface area contributed by atoms with Crippen molar-refractivity contribution in [1.29, 1.82) is 0 Å². The number of hydrogen-bond acceptors (Lipinski definition) is 2. The lowest BCUT2D eigenvalue weighted by molar-refractivity contribution is 0.331. The third-order valence-corrected chi connectivity index (χ3v) is 22.9. The topological polar surface area (TPSA) is 26.0 Å². The van der Waals surface area contributed by atoms with Crippen LogP contribution in [0, 0.1) is 0 Å². The Bertz CT molecular complexity index is 4840. The van der Waals surface area contributed by atoms with Gasteiger partial charge in [0, 0.05) is 55.5 Å². The predicted octanol–water partition coefficient (Wildman–Crippen LogP) is 19.6. The van der Waals surface area contributed by atoms with Gasteiger partial charge in [0.05, 0.1) is 22.1 Å². The number of imidazole rings is 1. The molecular formula is C81H79BN4. The maximum atomic E-state index is 5.79. The van der Waals surface area contributed by atoms with E-state index in [0.717, 1.165) is 41.0 Å². The lowest BCUT2D eigenvalue weighted by Gasteiger charge is -2.43. The van der Waals surface area contributed by atoms with Crippen LogP contribution in [0.3, 0.4) is 0 Å². The molecule has 0 N–H and O–H groups in total. The van der Waals surface area contributed by atoms with Crippen molar-refractivity contribution < 1.29 is 0 Å². The Morgan fingerprint density at radius 3 is 1.67 bits per heavy atom. The first-order valence-corrected chi connectivity index (χ1v) is 32.1. The van der Waals surface area contributed by atoms with E-state index in [1.54, 1.807) is 0 Å². The Kier molecular flexibility index (Phi) is 10.1. The Balaban J connectivity index is 1.09. The van der Waals surface area contributed by atoms with Gasteiger partial charge >= 0.3 is 6.85 Å². The number of fused-ring (bicyclic) bond motifs is 19. The lowest BCUT2D eigenvalue weighted by atomic mass is 9.43. The first kappa shape index (κ1) is 52.4. The van der Waals surface area contributed by atoms with Gasteiger partial charge in [-0.15, -0.1) is 0 Å². The first-order valence-electron chi connectivity index (χ1n) is 32.1. The minimum atomic E-state index is -0.313. The van der Waals surface area contributed by atoms with Crippen molar-refractivity contribution in [3.8, 4) is 56.1 Å². The average molecular weight is 1120 g/mol. The highest BCUT2D eigenvalue weighted by Gasteiger charge is 2.52. The van der Waals surface area contributed by atoms with E-state index in [2.05, 4.69) is 276 Å². The molecule has 0 saturated heterocycles. The summed E-state index contributed by atoms with van der Waals surface area (Å²) >= 11 is 0. The number of anilines is 2. The van der Waals surface area contributed by atoms with Gasteiger partial charge in [-0.2, -0.15) is 0 Å². The third kappa shape index (κ3) is 6.70. The van der Waals surface area contributed by atoms with Gasteiger partial charge in [-0.25, -0.2) is 4.98 Å². The molecule has 4 nitrogen and oxygen atoms in total. The second-order valence-electron chi connectivity index (χ2n) is 31.6. The van der Waals surface area contributed by atoms with Gasteiger partial charge in [0.25, 0.3) is 0 Å². The molecule has 86 heavy (non-hydrogen) atoms. The van der Waals surface area contributed by atoms with Crippen molar-refractivity contribution in [3.05, 3.63) is 208 Å². The van der Waals surface area contributed by atoms with Crippen LogP contribution < -0.4 is 15.7 Å². The van der Waals surface area contributed by atoms with Crippen LogP contribution in [-0.2, 0) is 37.9 Å². The maximum absolute atomic E-state index is 5.79. The zero-order chi connectivity index (χ0) is 59.5. The molecule has 11 aromatic rings. The largest absolute Gasteiger partial charge is 0.376 e. The highest BCUT2D eigenvalue weighted by molar-refractivity contribution is 6.94. The van der Waals surface area contributed by atoms with Gasteiger partial charge in [-0.1, -0.05) is 195 Å². The molecule has 2 aromatic heterocycles. The number of para-hydroxylation sites is 1. The molecule has 17 rings (SSSR count). The van der Waals surface area contributed by atoms with Gasteiger partial charge in [0.1, 0.15) is 5.82 Å². The number of aromatic nitrogens is 3. The fraction of sp³-hybridized carbons (Fsp3) is 0.321. The molecular weight excluding hydrogens is 1040 g/mol. The van der Waals surface area contributed by atoms with E-state index < -0.39 is 0 Å². The number of benzene rings is 9. The van der Waals surface area contributed by atoms with Crippen LogP contribution in [-0.4, -0.2) is 21.0 Å². The summed E-state index contributed by atoms with van der Waals surface area (Å²) in [7, 11) is 0. The molecule has 2 aliphatic heterocycles. The smallest absolute Gasteiger partial charge is 0.333 e. The summed E-state index contributed by atoms with van der Waals surface area (Å²) in [5.41, 5.74) is 34.3. The summed E-state index contributed by atoms with van der Waals surface area (Å²) in [6, 6.07) is 62.1. The molecule has 6 aliphatic rings. The van der Waals surface area contributed by atoms with E-state index in [4.69, 9.17) is 4.98 Å². The monoisotopic (exact) mass is 1120 g/mol. The normalized spacial score (nSPS) is 18.7. The molecule has 0 saturated carbocycles. The van der Waals surface area contributed by atoms with E-state index in [1.807, 2.05) is 0 Å². The summed E-state index contributed by atoms with van der Waals surface area (Å²) in [6.45, 7) is 36.8. The van der Waals surface area contributed by atoms with Gasteiger partial charge in [-0.05, 0) is 208 Å². The van der Waals surface area contributed by atoms with Gasteiger partial charge < -0.3 is 9.38 Å². The zero-order valence-electron chi connectivity index (χ0n) is 53.2. The van der Waals surface area contributed by atoms with E-state index in [-0.39, 0.29) is 44.8 Å². The molecule has 4 heterocycles. The minimum absolute atomic E-state index is 0.00233. The van der Waals surface area contributed by atoms with Crippen molar-refractivity contribution in [2.45, 2.75) is 167 Å². The Morgan fingerprint density at radius 1 is 0.442 bits per heavy atom. The maximum Gasteiger partial charge on any atom is 0.333 e. The van der Waals surface area contributed by atoms with Gasteiger partial charge in [0.15, 0.2) is 0 Å². The van der Waals surface area contributed by atoms with E-state index >= 15 is 0 Å². The summed E-state index contributed by atoms with van der Waals surface area (Å²) < 4.78 is 5.21. The fourth-order valence-electron chi connectivity index (χ4n) is 17.8. The van der Waals surface area contributed by atoms with Crippen molar-refractivity contribution in [3.63, 3.8) is 0 Å². The standard InChI is InChI=1S/C81H79BN4/c1-75(2,3)47-30-32-49(33-31-47)86-65-41-52-51-38-58-60(78(8,9)36-34-76(58,4)5)42-57(51)80(12,13)56(52)39-54(65)69-68-50-28-22-23-29-55(50)81(14,15)71(68)70-53-40-59-61(79(10,11)37-35-77(59,6)7)43-64(53)85-66-45-67-63(44-62(66)82(86)72(69)73(70)85)83-74(46-24-18-16-19-25-46)84(67)48-26-20-17-21-27-48/h16-33,38-45H,34-37H2,1-15H3. The highest BCUT2D eigenvalue weighted by Crippen LogP contribution is 2.63. The van der Waals surface area contributed by atoms with Crippen LogP contribution in [0.4, 0.5) is 11.4 Å². The molecule has 0 fully saturated rings. The Hall–Kier alpha value is -7.89. The van der Waals surface area contributed by atoms with Gasteiger partial charge in [0.2, 0.25) is 0 Å². The summed E-state index contributed by atoms with van der Waals surface area (Å²) in [5.74, 6) is 0.944. The van der Waals surface area contributed by atoms with Crippen LogP contribution in [0.2, 0.25) is 0 Å². The molecule has 9 aromatic carbocycles. The minimum Gasteiger partial charge on any atom is -0.376 e. The van der Waals surface area contributed by atoms with Crippen LogP contribution in [0.5, 0.6) is 0 Å². The summed E-state index contributed by atoms with van der Waals surface area (Å²) in [5, 5.41) is 2.77. The SMILES string of the molecule is CC(C)(C)c1ccc(N2B3c4cc5nc(-c6ccccc6)n(-c6ccccc6)c5cc4-n4c5cc6c(cc5c5c7c(c(c3c54)-c3cc4c(cc32)-c2cc3c(cc2C4(C)C)C(C)(C)CCC3(C)C)-c2ccccc2C7(C)C)C(C)(C)CCC6(C)C)cc1. The zero-order valence-corrected chi connectivity index (χ0v) is 53.2. The Morgan fingerprint density at radius 2 is 1.01 bits per heavy atom. The quantitative estimate of drug-likeness (QED) is 0.165. The fourth-order valence-corrected chi connectivity index (χ4v) is 17.8. The Labute approximate surface area is 509 Å². The van der Waals surface area contributed by atoms with Crippen LogP contribution in [0.25, 0.3) is 89.0 Å². The second kappa shape index (κ2) is 16.6. The lowest BCUT2D eigenvalue weighted by Crippen LogP contribution is -2.60. The molecule has 426 valence electrons. The summed E-state index contributed by atoms with van der Waals surface area (Å²) in [6.07, 6.45) is 4.67. The average Bonchev–Trinajstić information content (AvgIpc) is 1.44. The van der Waals surface area contributed by atoms with Crippen LogP contribution in [0.1, 0.15) is 180 Å². The van der Waals surface area contributed by atoms with Gasteiger partial charge in [-0.3, -0.25) is 4.57 Å². The van der Waals surface area contributed by atoms with Crippen molar-refractivity contribution >= 4 is 62.0 Å². The number of hydrogen-bond donors (Lipinski definition) is 0. The molecule has 0 unspecified atom stereocenters. The highest BCUT2D eigenvalue weighted by atomic mass is 15.1. The molecule has 0 radical (unpaired) electrons. The van der Waals surface area contributed by atoms with Crippen molar-refractivity contribution in [2.24, 2.45) is 0 Å². The summed E-state index contributed by atoms with van der Waals surface area (Å²) in [4.78, 5) is 8.59. The third-order valence-electron chi connectivity index (χ3n) is 22.9. The second-order valence-corrected chi connectivity index (χ2v) is 31.6. The van der Waals surface area contributed by atoms with E-state index in [1.165, 1.54) is 146 Å². The van der Waals surface area contributed by atoms with Crippen molar-refractivity contribution in [1.82, 2.24) is 14.1 Å². The van der Waals surface area contributed by atoms with E-state index in [0.29, 0.717) is 0 Å². The molecule has 5 heteroatoms. The molecule has 0 amide bonds.